The van der Waals surface area contributed by atoms with Crippen LogP contribution in [0.2, 0.25) is 5.15 Å². The van der Waals surface area contributed by atoms with E-state index in [9.17, 15) is 10.2 Å². The van der Waals surface area contributed by atoms with Crippen LogP contribution in [0.4, 0.5) is 0 Å². The molecule has 1 aliphatic rings. The first-order valence-electron chi connectivity index (χ1n) is 8.06. The van der Waals surface area contributed by atoms with E-state index in [0.29, 0.717) is 22.7 Å². The second-order valence-electron chi connectivity index (χ2n) is 5.77. The van der Waals surface area contributed by atoms with Gasteiger partial charge in [-0.3, -0.25) is 0 Å². The van der Waals surface area contributed by atoms with Crippen LogP contribution in [0.15, 0.2) is 5.16 Å². The summed E-state index contributed by atoms with van der Waals surface area (Å²) in [7, 11) is 0. The maximum Gasteiger partial charge on any atom is 0.191 e. The standard InChI is InChI=1S/C14H20ClN5O4S/c1-2-5-25-14-16-12(15)9-13(17-14)20(19-18-9)7-6-8(24-4-3-21)11(23)10(7)22/h7-8,10-11,21-23H,2-6H2,1H3/t7-,8+,10-,11+/m1/s1. The van der Waals surface area contributed by atoms with Crippen molar-refractivity contribution in [3.8, 4) is 0 Å². The largest absolute Gasteiger partial charge is 0.394 e. The summed E-state index contributed by atoms with van der Waals surface area (Å²) in [6.07, 6.45) is -1.48. The lowest BCUT2D eigenvalue weighted by molar-refractivity contribution is -0.0629. The van der Waals surface area contributed by atoms with Gasteiger partial charge >= 0.3 is 0 Å². The van der Waals surface area contributed by atoms with Gasteiger partial charge in [0.15, 0.2) is 21.5 Å². The van der Waals surface area contributed by atoms with Gasteiger partial charge in [-0.05, 0) is 6.42 Å². The van der Waals surface area contributed by atoms with Crippen molar-refractivity contribution in [1.82, 2.24) is 25.0 Å². The van der Waals surface area contributed by atoms with Gasteiger partial charge in [-0.2, -0.15) is 0 Å². The molecule has 2 aromatic rings. The van der Waals surface area contributed by atoms with E-state index < -0.39 is 24.4 Å². The number of aromatic nitrogens is 5. The highest BCUT2D eigenvalue weighted by molar-refractivity contribution is 7.99. The van der Waals surface area contributed by atoms with Crippen LogP contribution in [0.3, 0.4) is 0 Å². The van der Waals surface area contributed by atoms with E-state index in [0.717, 1.165) is 12.2 Å². The fourth-order valence-electron chi connectivity index (χ4n) is 2.84. The number of ether oxygens (including phenoxy) is 1. The zero-order valence-corrected chi connectivity index (χ0v) is 15.2. The molecule has 0 amide bonds. The van der Waals surface area contributed by atoms with E-state index in [4.69, 9.17) is 21.4 Å². The predicted molar refractivity (Wildman–Crippen MR) is 91.6 cm³/mol. The van der Waals surface area contributed by atoms with E-state index in [-0.39, 0.29) is 18.4 Å². The molecule has 0 aromatic carbocycles. The van der Waals surface area contributed by atoms with Crippen LogP contribution in [0, 0.1) is 0 Å². The molecule has 0 saturated heterocycles. The molecule has 2 aromatic heterocycles. The minimum Gasteiger partial charge on any atom is -0.394 e. The fraction of sp³-hybridized carbons (Fsp3) is 0.714. The van der Waals surface area contributed by atoms with Gasteiger partial charge in [-0.1, -0.05) is 35.5 Å². The maximum atomic E-state index is 10.4. The number of fused-ring (bicyclic) bond motifs is 1. The molecule has 11 heteroatoms. The Morgan fingerprint density at radius 1 is 1.32 bits per heavy atom. The first kappa shape index (κ1) is 18.7. The van der Waals surface area contributed by atoms with Crippen molar-refractivity contribution in [2.75, 3.05) is 19.0 Å². The summed E-state index contributed by atoms with van der Waals surface area (Å²) in [5.41, 5.74) is 0.765. The van der Waals surface area contributed by atoms with Gasteiger partial charge < -0.3 is 20.1 Å². The van der Waals surface area contributed by atoms with Gasteiger partial charge in [-0.25, -0.2) is 14.6 Å². The lowest BCUT2D eigenvalue weighted by Crippen LogP contribution is -2.33. The Morgan fingerprint density at radius 2 is 2.12 bits per heavy atom. The normalized spacial score (nSPS) is 26.6. The Labute approximate surface area is 153 Å². The zero-order valence-electron chi connectivity index (χ0n) is 13.6. The number of rotatable bonds is 7. The molecule has 138 valence electrons. The van der Waals surface area contributed by atoms with Crippen LogP contribution in [0.1, 0.15) is 25.8 Å². The van der Waals surface area contributed by atoms with E-state index in [1.807, 2.05) is 0 Å². The van der Waals surface area contributed by atoms with Crippen molar-refractivity contribution in [2.45, 2.75) is 49.3 Å². The molecule has 9 nitrogen and oxygen atoms in total. The zero-order chi connectivity index (χ0) is 18.0. The summed E-state index contributed by atoms with van der Waals surface area (Å²) in [4.78, 5) is 8.66. The van der Waals surface area contributed by atoms with Crippen LogP contribution >= 0.6 is 23.4 Å². The molecule has 0 radical (unpaired) electrons. The molecule has 1 aliphatic carbocycles. The number of halogens is 1. The fourth-order valence-corrected chi connectivity index (χ4v) is 3.79. The average molecular weight is 390 g/mol. The van der Waals surface area contributed by atoms with Crippen molar-refractivity contribution in [1.29, 1.82) is 0 Å². The van der Waals surface area contributed by atoms with Crippen LogP contribution in [0.5, 0.6) is 0 Å². The summed E-state index contributed by atoms with van der Waals surface area (Å²) >= 11 is 7.66. The van der Waals surface area contributed by atoms with Gasteiger partial charge in [0.25, 0.3) is 0 Å². The summed E-state index contributed by atoms with van der Waals surface area (Å²) in [5, 5.41) is 38.2. The molecular formula is C14H20ClN5O4S. The highest BCUT2D eigenvalue weighted by Crippen LogP contribution is 2.34. The average Bonchev–Trinajstić information content (AvgIpc) is 3.14. The molecule has 0 unspecified atom stereocenters. The topological polar surface area (TPSA) is 126 Å². The number of nitrogens with zero attached hydrogens (tertiary/aromatic N) is 5. The number of aliphatic hydroxyl groups is 3. The quantitative estimate of drug-likeness (QED) is 0.350. The van der Waals surface area contributed by atoms with Crippen LogP contribution < -0.4 is 0 Å². The Kier molecular flexibility index (Phi) is 6.08. The van der Waals surface area contributed by atoms with Crippen molar-refractivity contribution < 1.29 is 20.1 Å². The molecule has 25 heavy (non-hydrogen) atoms. The smallest absolute Gasteiger partial charge is 0.191 e. The van der Waals surface area contributed by atoms with Gasteiger partial charge in [0.1, 0.15) is 12.2 Å². The first-order chi connectivity index (χ1) is 12.1. The number of aliphatic hydroxyl groups excluding tert-OH is 3. The third kappa shape index (κ3) is 3.74. The monoisotopic (exact) mass is 389 g/mol. The van der Waals surface area contributed by atoms with E-state index in [1.165, 1.54) is 16.4 Å². The summed E-state index contributed by atoms with van der Waals surface area (Å²) in [6, 6.07) is -0.557. The number of hydrogen-bond donors (Lipinski definition) is 3. The van der Waals surface area contributed by atoms with E-state index in [2.05, 4.69) is 27.2 Å². The second kappa shape index (κ2) is 8.11. The minimum atomic E-state index is -1.09. The number of thioether (sulfide) groups is 1. The van der Waals surface area contributed by atoms with Crippen LogP contribution in [-0.2, 0) is 4.74 Å². The summed E-state index contributed by atoms with van der Waals surface area (Å²) < 4.78 is 6.86. The highest BCUT2D eigenvalue weighted by Gasteiger charge is 2.44. The Hall–Kier alpha value is -1.04. The summed E-state index contributed by atoms with van der Waals surface area (Å²) in [6.45, 7) is 1.99. The van der Waals surface area contributed by atoms with Crippen molar-refractivity contribution in [3.63, 3.8) is 0 Å². The predicted octanol–water partition coefficient (Wildman–Crippen LogP) is 0.421. The van der Waals surface area contributed by atoms with Crippen molar-refractivity contribution in [2.24, 2.45) is 0 Å². The molecule has 0 spiro atoms. The molecule has 0 aliphatic heterocycles. The number of hydrogen-bond acceptors (Lipinski definition) is 9. The van der Waals surface area contributed by atoms with Crippen molar-refractivity contribution >= 4 is 34.5 Å². The van der Waals surface area contributed by atoms with E-state index in [1.54, 1.807) is 0 Å². The van der Waals surface area contributed by atoms with Gasteiger partial charge in [0, 0.05) is 12.2 Å². The third-order valence-corrected chi connectivity index (χ3v) is 5.35. The van der Waals surface area contributed by atoms with Crippen LogP contribution in [0.25, 0.3) is 11.2 Å². The van der Waals surface area contributed by atoms with Gasteiger partial charge in [0.05, 0.1) is 25.4 Å². The highest BCUT2D eigenvalue weighted by atomic mass is 35.5. The molecular weight excluding hydrogens is 370 g/mol. The molecule has 3 rings (SSSR count). The maximum absolute atomic E-state index is 10.4. The Morgan fingerprint density at radius 3 is 2.84 bits per heavy atom. The molecule has 3 N–H and O–H groups in total. The molecule has 1 fully saturated rings. The molecule has 2 heterocycles. The lowest BCUT2D eigenvalue weighted by Gasteiger charge is -2.17. The molecule has 1 saturated carbocycles. The van der Waals surface area contributed by atoms with Gasteiger partial charge in [-0.15, -0.1) is 5.10 Å². The lowest BCUT2D eigenvalue weighted by atomic mass is 10.2. The first-order valence-corrected chi connectivity index (χ1v) is 9.43. The van der Waals surface area contributed by atoms with Gasteiger partial charge in [0.2, 0.25) is 0 Å². The Bertz CT molecular complexity index is 733. The molecule has 4 atom stereocenters. The SMILES string of the molecule is CCCSc1nc(Cl)c2nnn([C@@H]3C[C@H](OCCO)[C@H](O)[C@@H]3O)c2n1. The Balaban J connectivity index is 1.91. The third-order valence-electron chi connectivity index (χ3n) is 4.03. The van der Waals surface area contributed by atoms with E-state index >= 15 is 0 Å². The van der Waals surface area contributed by atoms with Crippen molar-refractivity contribution in [3.05, 3.63) is 5.15 Å². The second-order valence-corrected chi connectivity index (χ2v) is 7.19. The minimum absolute atomic E-state index is 0.0884. The molecule has 0 bridgehead atoms. The van der Waals surface area contributed by atoms with Crippen LogP contribution in [-0.4, -0.2) is 77.6 Å². The summed E-state index contributed by atoms with van der Waals surface area (Å²) in [5.74, 6) is 0.852.